The molecule has 1 aliphatic heterocycles. The Labute approximate surface area is 152 Å². The van der Waals surface area contributed by atoms with Crippen molar-refractivity contribution in [2.45, 2.75) is 45.7 Å². The van der Waals surface area contributed by atoms with E-state index in [0.717, 1.165) is 18.5 Å². The first-order valence-corrected chi connectivity index (χ1v) is 8.71. The summed E-state index contributed by atoms with van der Waals surface area (Å²) in [6.45, 7) is 4.45. The number of imidazole rings is 1. The average Bonchev–Trinajstić information content (AvgIpc) is 3.01. The number of carbonyl (C=O) groups is 2. The number of amides is 2. The Morgan fingerprint density at radius 3 is 2.81 bits per heavy atom. The second-order valence-corrected chi connectivity index (χ2v) is 6.61. The minimum atomic E-state index is -0.366. The van der Waals surface area contributed by atoms with Crippen molar-refractivity contribution in [2.75, 3.05) is 5.32 Å². The first-order valence-electron chi connectivity index (χ1n) is 8.71. The van der Waals surface area contributed by atoms with Crippen LogP contribution in [0.1, 0.15) is 59.1 Å². The molecule has 7 heteroatoms. The summed E-state index contributed by atoms with van der Waals surface area (Å²) in [5, 5.41) is 14.6. The molecule has 0 unspecified atom stereocenters. The third-order valence-corrected chi connectivity index (χ3v) is 4.21. The van der Waals surface area contributed by atoms with Crippen LogP contribution in [-0.2, 0) is 13.0 Å². The number of hydrogen-bond donors (Lipinski definition) is 2. The monoisotopic (exact) mass is 351 g/mol. The van der Waals surface area contributed by atoms with Gasteiger partial charge in [-0.25, -0.2) is 4.98 Å². The Morgan fingerprint density at radius 2 is 2.08 bits per heavy atom. The van der Waals surface area contributed by atoms with Crippen molar-refractivity contribution in [3.8, 4) is 6.07 Å². The number of nitriles is 1. The molecule has 1 aromatic carbocycles. The van der Waals surface area contributed by atoms with Gasteiger partial charge in [0.15, 0.2) is 11.5 Å². The number of rotatable bonds is 4. The lowest BCUT2D eigenvalue weighted by Gasteiger charge is -2.17. The van der Waals surface area contributed by atoms with Crippen LogP contribution in [0, 0.1) is 11.3 Å². The molecule has 2 N–H and O–H groups in total. The molecule has 0 saturated carbocycles. The summed E-state index contributed by atoms with van der Waals surface area (Å²) in [7, 11) is 0. The Balaban J connectivity index is 1.91. The van der Waals surface area contributed by atoms with Gasteiger partial charge in [-0.15, -0.1) is 0 Å². The van der Waals surface area contributed by atoms with E-state index in [9.17, 15) is 9.59 Å². The van der Waals surface area contributed by atoms with Gasteiger partial charge < -0.3 is 15.2 Å². The summed E-state index contributed by atoms with van der Waals surface area (Å²) in [6, 6.07) is 8.73. The summed E-state index contributed by atoms with van der Waals surface area (Å²) in [5.74, 6) is -0.354. The molecule has 2 amide bonds. The predicted octanol–water partition coefficient (Wildman–Crippen LogP) is 2.48. The SMILES string of the molecule is CC(C)NC(=O)c1nc(C(=O)Nc2cccc(C#N)c2)c2n1CCCC2. The van der Waals surface area contributed by atoms with Gasteiger partial charge in [0, 0.05) is 18.3 Å². The maximum absolute atomic E-state index is 12.7. The Bertz CT molecular complexity index is 892. The molecule has 134 valence electrons. The second kappa shape index (κ2) is 7.40. The maximum Gasteiger partial charge on any atom is 0.287 e. The van der Waals surface area contributed by atoms with Crippen molar-refractivity contribution >= 4 is 17.5 Å². The molecule has 0 fully saturated rings. The summed E-state index contributed by atoms with van der Waals surface area (Å²) in [5.41, 5.74) is 2.06. The third kappa shape index (κ3) is 3.59. The second-order valence-electron chi connectivity index (χ2n) is 6.61. The van der Waals surface area contributed by atoms with E-state index in [0.29, 0.717) is 24.2 Å². The summed E-state index contributed by atoms with van der Waals surface area (Å²) >= 11 is 0. The van der Waals surface area contributed by atoms with Gasteiger partial charge in [-0.05, 0) is 51.3 Å². The zero-order valence-electron chi connectivity index (χ0n) is 14.9. The molecular weight excluding hydrogens is 330 g/mol. The molecule has 0 radical (unpaired) electrons. The van der Waals surface area contributed by atoms with E-state index in [1.807, 2.05) is 24.5 Å². The van der Waals surface area contributed by atoms with Gasteiger partial charge in [-0.3, -0.25) is 9.59 Å². The first kappa shape index (κ1) is 17.7. The molecule has 0 bridgehead atoms. The van der Waals surface area contributed by atoms with Crippen molar-refractivity contribution in [1.29, 1.82) is 5.26 Å². The molecule has 26 heavy (non-hydrogen) atoms. The van der Waals surface area contributed by atoms with E-state index in [4.69, 9.17) is 5.26 Å². The number of hydrogen-bond acceptors (Lipinski definition) is 4. The molecule has 0 atom stereocenters. The van der Waals surface area contributed by atoms with Crippen molar-refractivity contribution in [1.82, 2.24) is 14.9 Å². The number of nitrogens with one attached hydrogen (secondary N) is 2. The molecule has 0 aliphatic carbocycles. The first-order chi connectivity index (χ1) is 12.5. The van der Waals surface area contributed by atoms with Gasteiger partial charge in [-0.2, -0.15) is 5.26 Å². The molecule has 7 nitrogen and oxygen atoms in total. The van der Waals surface area contributed by atoms with Gasteiger partial charge in [-0.1, -0.05) is 6.07 Å². The predicted molar refractivity (Wildman–Crippen MR) is 96.9 cm³/mol. The molecule has 0 saturated heterocycles. The number of fused-ring (bicyclic) bond motifs is 1. The molecule has 1 aliphatic rings. The number of nitrogens with zero attached hydrogens (tertiary/aromatic N) is 3. The van der Waals surface area contributed by atoms with Crippen LogP contribution in [0.25, 0.3) is 0 Å². The lowest BCUT2D eigenvalue weighted by Crippen LogP contribution is -2.33. The van der Waals surface area contributed by atoms with Crippen LogP contribution in [-0.4, -0.2) is 27.4 Å². The Kier molecular flexibility index (Phi) is 5.03. The summed E-state index contributed by atoms with van der Waals surface area (Å²) < 4.78 is 1.85. The summed E-state index contributed by atoms with van der Waals surface area (Å²) in [4.78, 5) is 29.5. The Hall–Kier alpha value is -3.14. The highest BCUT2D eigenvalue weighted by atomic mass is 16.2. The molecule has 2 aromatic rings. The highest BCUT2D eigenvalue weighted by Crippen LogP contribution is 2.22. The maximum atomic E-state index is 12.7. The smallest absolute Gasteiger partial charge is 0.287 e. The normalized spacial score (nSPS) is 13.0. The Morgan fingerprint density at radius 1 is 1.27 bits per heavy atom. The van der Waals surface area contributed by atoms with E-state index >= 15 is 0 Å². The van der Waals surface area contributed by atoms with Crippen LogP contribution in [0.5, 0.6) is 0 Å². The zero-order valence-corrected chi connectivity index (χ0v) is 14.9. The standard InChI is InChI=1S/C19H21N5O2/c1-12(2)21-19(26)17-23-16(15-8-3-4-9-24(15)17)18(25)22-14-7-5-6-13(10-14)11-20/h5-7,10,12H,3-4,8-9H2,1-2H3,(H,21,26)(H,22,25). The summed E-state index contributed by atoms with van der Waals surface area (Å²) in [6.07, 6.45) is 2.63. The number of carbonyl (C=O) groups excluding carboxylic acids is 2. The van der Waals surface area contributed by atoms with Crippen LogP contribution < -0.4 is 10.6 Å². The molecule has 3 rings (SSSR count). The van der Waals surface area contributed by atoms with Crippen molar-refractivity contribution in [3.05, 3.63) is 47.0 Å². The fraction of sp³-hybridized carbons (Fsp3) is 0.368. The molecule has 1 aromatic heterocycles. The number of aromatic nitrogens is 2. The van der Waals surface area contributed by atoms with Crippen molar-refractivity contribution in [2.24, 2.45) is 0 Å². The lowest BCUT2D eigenvalue weighted by molar-refractivity contribution is 0.0927. The number of anilines is 1. The van der Waals surface area contributed by atoms with Crippen LogP contribution in [0.3, 0.4) is 0 Å². The minimum absolute atomic E-state index is 0.00922. The molecule has 0 spiro atoms. The number of benzene rings is 1. The fourth-order valence-corrected chi connectivity index (χ4v) is 3.08. The van der Waals surface area contributed by atoms with E-state index in [1.54, 1.807) is 24.3 Å². The van der Waals surface area contributed by atoms with Gasteiger partial charge in [0.25, 0.3) is 11.8 Å². The van der Waals surface area contributed by atoms with Crippen molar-refractivity contribution < 1.29 is 9.59 Å². The third-order valence-electron chi connectivity index (χ3n) is 4.21. The van der Waals surface area contributed by atoms with Gasteiger partial charge in [0.1, 0.15) is 0 Å². The van der Waals surface area contributed by atoms with Crippen LogP contribution >= 0.6 is 0 Å². The minimum Gasteiger partial charge on any atom is -0.347 e. The highest BCUT2D eigenvalue weighted by Gasteiger charge is 2.27. The van der Waals surface area contributed by atoms with Crippen LogP contribution in [0.2, 0.25) is 0 Å². The van der Waals surface area contributed by atoms with E-state index in [-0.39, 0.29) is 29.4 Å². The van der Waals surface area contributed by atoms with Gasteiger partial charge in [0.05, 0.1) is 17.3 Å². The van der Waals surface area contributed by atoms with Gasteiger partial charge in [0.2, 0.25) is 0 Å². The average molecular weight is 351 g/mol. The lowest BCUT2D eigenvalue weighted by atomic mass is 10.1. The fourth-order valence-electron chi connectivity index (χ4n) is 3.08. The van der Waals surface area contributed by atoms with Gasteiger partial charge >= 0.3 is 0 Å². The highest BCUT2D eigenvalue weighted by molar-refractivity contribution is 6.05. The van der Waals surface area contributed by atoms with E-state index in [1.165, 1.54) is 0 Å². The largest absolute Gasteiger partial charge is 0.347 e. The van der Waals surface area contributed by atoms with E-state index in [2.05, 4.69) is 15.6 Å². The quantitative estimate of drug-likeness (QED) is 0.884. The zero-order chi connectivity index (χ0) is 18.7. The topological polar surface area (TPSA) is 99.8 Å². The van der Waals surface area contributed by atoms with Crippen LogP contribution in [0.4, 0.5) is 5.69 Å². The molecular formula is C19H21N5O2. The van der Waals surface area contributed by atoms with Crippen LogP contribution in [0.15, 0.2) is 24.3 Å². The van der Waals surface area contributed by atoms with E-state index < -0.39 is 0 Å². The molecule has 2 heterocycles. The van der Waals surface area contributed by atoms with Crippen molar-refractivity contribution in [3.63, 3.8) is 0 Å².